The number of carbonyl (C=O) groups is 2. The molecule has 1 unspecified atom stereocenters. The number of hydrogen-bond donors (Lipinski definition) is 2. The van der Waals surface area contributed by atoms with Gasteiger partial charge in [0.2, 0.25) is 0 Å². The van der Waals surface area contributed by atoms with Crippen LogP contribution >= 0.6 is 0 Å². The highest BCUT2D eigenvalue weighted by Gasteiger charge is 2.64. The molecule has 0 aromatic carbocycles. The maximum absolute atomic E-state index is 11.9. The number of amides is 2. The molecule has 1 saturated carbocycles. The fraction of sp³-hybridized carbons (Fsp3) is 0.857. The second-order valence-corrected chi connectivity index (χ2v) is 6.80. The van der Waals surface area contributed by atoms with Crippen LogP contribution in [0.5, 0.6) is 0 Å². The number of aliphatic carboxylic acids is 1. The van der Waals surface area contributed by atoms with Gasteiger partial charge in [0.15, 0.2) is 0 Å². The molecule has 110 valence electrons. The molecule has 0 aliphatic heterocycles. The molecule has 19 heavy (non-hydrogen) atoms. The monoisotopic (exact) mass is 270 g/mol. The molecule has 1 atom stereocenters. The normalized spacial score (nSPS) is 21.6. The topological polar surface area (TPSA) is 69.6 Å². The van der Waals surface area contributed by atoms with Crippen LogP contribution in [-0.4, -0.2) is 42.1 Å². The first-order chi connectivity index (χ1) is 8.51. The van der Waals surface area contributed by atoms with Gasteiger partial charge in [-0.1, -0.05) is 34.6 Å². The molecule has 0 aromatic rings. The number of nitrogens with one attached hydrogen (secondary N) is 1. The molecule has 2 amide bonds. The minimum absolute atomic E-state index is 0.202. The molecule has 0 spiro atoms. The van der Waals surface area contributed by atoms with Gasteiger partial charge in [-0.15, -0.1) is 0 Å². The summed E-state index contributed by atoms with van der Waals surface area (Å²) >= 11 is 0. The quantitative estimate of drug-likeness (QED) is 0.803. The zero-order chi connectivity index (χ0) is 15.0. The van der Waals surface area contributed by atoms with E-state index in [9.17, 15) is 9.59 Å². The maximum atomic E-state index is 11.9. The highest BCUT2D eigenvalue weighted by molar-refractivity contribution is 5.75. The Morgan fingerprint density at radius 3 is 2.11 bits per heavy atom. The van der Waals surface area contributed by atoms with Crippen molar-refractivity contribution in [2.45, 2.75) is 34.6 Å². The molecule has 1 aliphatic rings. The lowest BCUT2D eigenvalue weighted by Gasteiger charge is -2.20. The molecule has 2 N–H and O–H groups in total. The number of nitrogens with zero attached hydrogens (tertiary/aromatic N) is 1. The number of rotatable bonds is 5. The van der Waals surface area contributed by atoms with E-state index in [1.54, 1.807) is 14.0 Å². The minimum Gasteiger partial charge on any atom is -0.481 e. The van der Waals surface area contributed by atoms with E-state index in [0.29, 0.717) is 12.5 Å². The highest BCUT2D eigenvalue weighted by atomic mass is 16.4. The Morgan fingerprint density at radius 1 is 1.26 bits per heavy atom. The van der Waals surface area contributed by atoms with Crippen molar-refractivity contribution < 1.29 is 14.7 Å². The summed E-state index contributed by atoms with van der Waals surface area (Å²) < 4.78 is 0. The molecule has 5 heteroatoms. The lowest BCUT2D eigenvalue weighted by molar-refractivity contribution is -0.141. The van der Waals surface area contributed by atoms with Crippen LogP contribution in [0.2, 0.25) is 0 Å². The third kappa shape index (κ3) is 3.01. The second-order valence-electron chi connectivity index (χ2n) is 6.80. The van der Waals surface area contributed by atoms with E-state index in [-0.39, 0.29) is 23.4 Å². The summed E-state index contributed by atoms with van der Waals surface area (Å²) in [7, 11) is 1.62. The Hall–Kier alpha value is -1.26. The predicted octanol–water partition coefficient (Wildman–Crippen LogP) is 2.03. The number of hydrogen-bond acceptors (Lipinski definition) is 2. The minimum atomic E-state index is -0.885. The van der Waals surface area contributed by atoms with Crippen LogP contribution in [0.15, 0.2) is 0 Å². The molecule has 0 radical (unpaired) electrons. The van der Waals surface area contributed by atoms with Gasteiger partial charge in [-0.2, -0.15) is 0 Å². The lowest BCUT2D eigenvalue weighted by atomic mass is 10.0. The SMILES string of the molecule is CC(CN(C)C(=O)NCC1C(C)(C)C1(C)C)C(=O)O. The predicted molar refractivity (Wildman–Crippen MR) is 73.9 cm³/mol. The van der Waals surface area contributed by atoms with Crippen LogP contribution < -0.4 is 5.32 Å². The standard InChI is InChI=1S/C14H26N2O3/c1-9(11(17)18)8-16(6)12(19)15-7-10-13(2,3)14(10,4)5/h9-10H,7-8H2,1-6H3,(H,15,19)(H,17,18). The molecule has 0 heterocycles. The smallest absolute Gasteiger partial charge is 0.317 e. The van der Waals surface area contributed by atoms with Crippen molar-refractivity contribution in [3.63, 3.8) is 0 Å². The summed E-state index contributed by atoms with van der Waals surface area (Å²) in [6.45, 7) is 11.3. The summed E-state index contributed by atoms with van der Waals surface area (Å²) in [5.41, 5.74) is 0.487. The fourth-order valence-electron chi connectivity index (χ4n) is 2.74. The molecule has 0 saturated heterocycles. The Balaban J connectivity index is 2.39. The molecule has 1 aliphatic carbocycles. The fourth-order valence-corrected chi connectivity index (χ4v) is 2.74. The van der Waals surface area contributed by atoms with Gasteiger partial charge in [-0.3, -0.25) is 4.79 Å². The average Bonchev–Trinajstić information content (AvgIpc) is 2.66. The first-order valence-electron chi connectivity index (χ1n) is 6.73. The van der Waals surface area contributed by atoms with Crippen LogP contribution in [0.3, 0.4) is 0 Å². The van der Waals surface area contributed by atoms with Crippen LogP contribution in [0, 0.1) is 22.7 Å². The van der Waals surface area contributed by atoms with Crippen molar-refractivity contribution in [1.29, 1.82) is 0 Å². The average molecular weight is 270 g/mol. The first kappa shape index (κ1) is 15.8. The number of carboxylic acid groups (broad SMARTS) is 1. The zero-order valence-corrected chi connectivity index (χ0v) is 12.8. The van der Waals surface area contributed by atoms with E-state index in [0.717, 1.165) is 0 Å². The van der Waals surface area contributed by atoms with E-state index in [1.165, 1.54) is 4.90 Å². The van der Waals surface area contributed by atoms with Gasteiger partial charge < -0.3 is 15.3 Å². The van der Waals surface area contributed by atoms with Crippen molar-refractivity contribution >= 4 is 12.0 Å². The van der Waals surface area contributed by atoms with Crippen molar-refractivity contribution in [2.75, 3.05) is 20.1 Å². The molecular formula is C14H26N2O3. The molecule has 0 bridgehead atoms. The van der Waals surface area contributed by atoms with E-state index < -0.39 is 11.9 Å². The van der Waals surface area contributed by atoms with Crippen LogP contribution in [0.4, 0.5) is 4.79 Å². The van der Waals surface area contributed by atoms with E-state index in [1.807, 2.05) is 0 Å². The first-order valence-corrected chi connectivity index (χ1v) is 6.73. The Labute approximate surface area is 115 Å². The van der Waals surface area contributed by atoms with Gasteiger partial charge in [-0.05, 0) is 16.7 Å². The summed E-state index contributed by atoms with van der Waals surface area (Å²) in [5.74, 6) is -0.970. The highest BCUT2D eigenvalue weighted by Crippen LogP contribution is 2.67. The van der Waals surface area contributed by atoms with Crippen molar-refractivity contribution in [1.82, 2.24) is 10.2 Å². The largest absolute Gasteiger partial charge is 0.481 e. The summed E-state index contributed by atoms with van der Waals surface area (Å²) in [6, 6.07) is -0.202. The van der Waals surface area contributed by atoms with Crippen LogP contribution in [-0.2, 0) is 4.79 Å². The van der Waals surface area contributed by atoms with E-state index >= 15 is 0 Å². The van der Waals surface area contributed by atoms with E-state index in [2.05, 4.69) is 33.0 Å². The number of urea groups is 1. The van der Waals surface area contributed by atoms with Gasteiger partial charge in [0.1, 0.15) is 0 Å². The van der Waals surface area contributed by atoms with Gasteiger partial charge in [-0.25, -0.2) is 4.79 Å². The van der Waals surface area contributed by atoms with E-state index in [4.69, 9.17) is 5.11 Å². The van der Waals surface area contributed by atoms with Crippen molar-refractivity contribution in [3.05, 3.63) is 0 Å². The summed E-state index contributed by atoms with van der Waals surface area (Å²) in [4.78, 5) is 24.1. The van der Waals surface area contributed by atoms with Crippen molar-refractivity contribution in [2.24, 2.45) is 22.7 Å². The third-order valence-electron chi connectivity index (χ3n) is 5.09. The van der Waals surface area contributed by atoms with Gasteiger partial charge in [0.05, 0.1) is 5.92 Å². The summed E-state index contributed by atoms with van der Waals surface area (Å²) in [6.07, 6.45) is 0. The molecular weight excluding hydrogens is 244 g/mol. The molecule has 1 fully saturated rings. The van der Waals surface area contributed by atoms with Gasteiger partial charge >= 0.3 is 12.0 Å². The Morgan fingerprint density at radius 2 is 1.74 bits per heavy atom. The Bertz CT molecular complexity index is 363. The molecule has 0 aromatic heterocycles. The lowest BCUT2D eigenvalue weighted by Crippen LogP contribution is -2.41. The number of carboxylic acids is 1. The molecule has 5 nitrogen and oxygen atoms in total. The maximum Gasteiger partial charge on any atom is 0.317 e. The third-order valence-corrected chi connectivity index (χ3v) is 5.09. The van der Waals surface area contributed by atoms with Crippen molar-refractivity contribution in [3.8, 4) is 0 Å². The van der Waals surface area contributed by atoms with Crippen LogP contribution in [0.25, 0.3) is 0 Å². The number of carbonyl (C=O) groups excluding carboxylic acids is 1. The zero-order valence-electron chi connectivity index (χ0n) is 12.8. The second kappa shape index (κ2) is 5.02. The van der Waals surface area contributed by atoms with Gasteiger partial charge in [0.25, 0.3) is 0 Å². The Kier molecular flexibility index (Phi) is 4.17. The van der Waals surface area contributed by atoms with Crippen LogP contribution in [0.1, 0.15) is 34.6 Å². The molecule has 1 rings (SSSR count). The van der Waals surface area contributed by atoms with Gasteiger partial charge in [0, 0.05) is 20.1 Å². The summed E-state index contributed by atoms with van der Waals surface area (Å²) in [5, 5.41) is 11.7.